The van der Waals surface area contributed by atoms with Crippen LogP contribution in [0.4, 0.5) is 0 Å². The third-order valence-electron chi connectivity index (χ3n) is 7.10. The van der Waals surface area contributed by atoms with Gasteiger partial charge in [0.2, 0.25) is 5.91 Å². The van der Waals surface area contributed by atoms with Crippen LogP contribution in [0.15, 0.2) is 48.7 Å². The van der Waals surface area contributed by atoms with Crippen molar-refractivity contribution in [1.29, 1.82) is 0 Å². The lowest BCUT2D eigenvalue weighted by Gasteiger charge is -2.37. The van der Waals surface area contributed by atoms with Crippen LogP contribution in [0.5, 0.6) is 5.75 Å². The number of likely N-dealkylation sites (tertiary alicyclic amines) is 2. The van der Waals surface area contributed by atoms with Crippen LogP contribution in [0.1, 0.15) is 37.2 Å². The molecule has 172 valence electrons. The normalized spacial score (nSPS) is 21.9. The van der Waals surface area contributed by atoms with Crippen molar-refractivity contribution in [3.63, 3.8) is 0 Å². The minimum absolute atomic E-state index is 0.0449. The van der Waals surface area contributed by atoms with Gasteiger partial charge in [0.1, 0.15) is 11.4 Å². The lowest BCUT2D eigenvalue weighted by molar-refractivity contribution is -0.136. The van der Waals surface area contributed by atoms with Gasteiger partial charge in [0.25, 0.3) is 5.91 Å². The van der Waals surface area contributed by atoms with E-state index >= 15 is 0 Å². The Morgan fingerprint density at radius 3 is 2.34 bits per heavy atom. The van der Waals surface area contributed by atoms with Crippen LogP contribution in [-0.4, -0.2) is 59.0 Å². The van der Waals surface area contributed by atoms with Crippen LogP contribution in [-0.2, 0) is 11.8 Å². The fraction of sp³-hybridized carbons (Fsp3) is 0.538. The average molecular weight is 438 g/mol. The number of carbonyl (C=O) groups is 2. The number of benzene rings is 1. The molecule has 2 amide bonds. The number of aryl methyl sites for hydroxylation is 1. The molecule has 1 aromatic carbocycles. The summed E-state index contributed by atoms with van der Waals surface area (Å²) in [5.41, 5.74) is 0.728. The maximum atomic E-state index is 13.2. The molecule has 2 atom stereocenters. The Bertz CT molecular complexity index is 915. The summed E-state index contributed by atoms with van der Waals surface area (Å²) in [7, 11) is 1.91. The number of aromatic nitrogens is 1. The molecule has 0 aliphatic carbocycles. The second-order valence-electron chi connectivity index (χ2n) is 9.58. The van der Waals surface area contributed by atoms with Crippen LogP contribution >= 0.6 is 0 Å². The number of hydrogen-bond acceptors (Lipinski definition) is 3. The molecule has 6 heteroatoms. The summed E-state index contributed by atoms with van der Waals surface area (Å²) in [6.45, 7) is 7.65. The van der Waals surface area contributed by atoms with Crippen molar-refractivity contribution in [3.05, 3.63) is 54.4 Å². The lowest BCUT2D eigenvalue weighted by atomic mass is 9.78. The Hall–Kier alpha value is -2.76. The lowest BCUT2D eigenvalue weighted by Crippen LogP contribution is -2.43. The molecule has 0 radical (unpaired) electrons. The van der Waals surface area contributed by atoms with Gasteiger partial charge in [-0.15, -0.1) is 0 Å². The Morgan fingerprint density at radius 1 is 1.00 bits per heavy atom. The summed E-state index contributed by atoms with van der Waals surface area (Å²) >= 11 is 0. The predicted octanol–water partition coefficient (Wildman–Crippen LogP) is 3.69. The molecule has 0 unspecified atom stereocenters. The number of rotatable bonds is 6. The van der Waals surface area contributed by atoms with E-state index in [0.29, 0.717) is 25.0 Å². The van der Waals surface area contributed by atoms with Gasteiger partial charge in [-0.05, 0) is 48.9 Å². The largest absolute Gasteiger partial charge is 0.493 e. The van der Waals surface area contributed by atoms with Gasteiger partial charge in [0.15, 0.2) is 0 Å². The fourth-order valence-electron chi connectivity index (χ4n) is 5.25. The zero-order chi connectivity index (χ0) is 22.7. The molecule has 1 aromatic heterocycles. The van der Waals surface area contributed by atoms with Crippen LogP contribution in [0.25, 0.3) is 0 Å². The number of ether oxygens (including phenoxy) is 1. The quantitative estimate of drug-likeness (QED) is 0.693. The predicted molar refractivity (Wildman–Crippen MR) is 124 cm³/mol. The Kier molecular flexibility index (Phi) is 6.87. The van der Waals surface area contributed by atoms with E-state index in [1.165, 1.54) is 0 Å². The highest BCUT2D eigenvalue weighted by Crippen LogP contribution is 2.37. The molecule has 2 saturated heterocycles. The van der Waals surface area contributed by atoms with Crippen molar-refractivity contribution in [2.45, 2.75) is 26.7 Å². The van der Waals surface area contributed by atoms with E-state index in [4.69, 9.17) is 4.74 Å². The summed E-state index contributed by atoms with van der Waals surface area (Å²) in [6, 6.07) is 13.7. The summed E-state index contributed by atoms with van der Waals surface area (Å²) in [4.78, 5) is 29.6. The monoisotopic (exact) mass is 437 g/mol. The number of para-hydroxylation sites is 1. The van der Waals surface area contributed by atoms with Gasteiger partial charge in [-0.2, -0.15) is 0 Å². The first-order valence-corrected chi connectivity index (χ1v) is 11.8. The van der Waals surface area contributed by atoms with Crippen LogP contribution in [0.2, 0.25) is 0 Å². The van der Waals surface area contributed by atoms with Crippen molar-refractivity contribution in [2.75, 3.05) is 32.8 Å². The Balaban J connectivity index is 1.45. The van der Waals surface area contributed by atoms with E-state index in [-0.39, 0.29) is 23.7 Å². The molecule has 0 saturated carbocycles. The van der Waals surface area contributed by atoms with Gasteiger partial charge in [-0.25, -0.2) is 0 Å². The van der Waals surface area contributed by atoms with Crippen molar-refractivity contribution in [1.82, 2.24) is 14.4 Å². The van der Waals surface area contributed by atoms with E-state index < -0.39 is 0 Å². The fourth-order valence-corrected chi connectivity index (χ4v) is 5.25. The van der Waals surface area contributed by atoms with Crippen molar-refractivity contribution in [3.8, 4) is 5.75 Å². The standard InChI is InChI=1S/C26H35N3O3/c1-19(2)25(30)28-14-11-20(12-15-28)23-17-29(26(31)24-10-7-13-27(24)3)16-21(23)18-32-22-8-5-4-6-9-22/h4-10,13,19-21,23H,11-12,14-18H2,1-3H3/t21-,23-/m0/s1. The molecule has 2 fully saturated rings. The van der Waals surface area contributed by atoms with Gasteiger partial charge >= 0.3 is 0 Å². The topological polar surface area (TPSA) is 54.8 Å². The van der Waals surface area contributed by atoms with E-state index in [0.717, 1.165) is 43.9 Å². The highest BCUT2D eigenvalue weighted by molar-refractivity contribution is 5.93. The van der Waals surface area contributed by atoms with Gasteiger partial charge in [0.05, 0.1) is 6.61 Å². The SMILES string of the molecule is CC(C)C(=O)N1CCC([C@@H]2CN(C(=O)c3cccn3C)C[C@H]2COc2ccccc2)CC1. The van der Waals surface area contributed by atoms with Crippen LogP contribution in [0, 0.1) is 23.7 Å². The summed E-state index contributed by atoms with van der Waals surface area (Å²) < 4.78 is 8.03. The minimum atomic E-state index is 0.0449. The van der Waals surface area contributed by atoms with Crippen molar-refractivity contribution >= 4 is 11.8 Å². The number of hydrogen-bond donors (Lipinski definition) is 0. The van der Waals surface area contributed by atoms with Crippen molar-refractivity contribution in [2.24, 2.45) is 30.7 Å². The third kappa shape index (κ3) is 4.84. The van der Waals surface area contributed by atoms with Gasteiger partial charge in [-0.3, -0.25) is 9.59 Å². The van der Waals surface area contributed by atoms with Crippen LogP contribution in [0.3, 0.4) is 0 Å². The number of nitrogens with zero attached hydrogens (tertiary/aromatic N) is 3. The second-order valence-corrected chi connectivity index (χ2v) is 9.58. The number of carbonyl (C=O) groups excluding carboxylic acids is 2. The van der Waals surface area contributed by atoms with Gasteiger partial charge in [-0.1, -0.05) is 32.0 Å². The van der Waals surface area contributed by atoms with Crippen LogP contribution < -0.4 is 4.74 Å². The molecule has 32 heavy (non-hydrogen) atoms. The van der Waals surface area contributed by atoms with E-state index in [1.54, 1.807) is 0 Å². The smallest absolute Gasteiger partial charge is 0.270 e. The third-order valence-corrected chi connectivity index (χ3v) is 7.10. The maximum Gasteiger partial charge on any atom is 0.270 e. The first kappa shape index (κ1) is 22.4. The zero-order valence-corrected chi connectivity index (χ0v) is 19.4. The van der Waals surface area contributed by atoms with Gasteiger partial charge in [0, 0.05) is 51.3 Å². The molecule has 3 heterocycles. The molecule has 6 nitrogen and oxygen atoms in total. The molecule has 0 bridgehead atoms. The molecule has 4 rings (SSSR count). The minimum Gasteiger partial charge on any atom is -0.493 e. The molecule has 0 spiro atoms. The molecular weight excluding hydrogens is 402 g/mol. The zero-order valence-electron chi connectivity index (χ0n) is 19.4. The van der Waals surface area contributed by atoms with Gasteiger partial charge < -0.3 is 19.1 Å². The van der Waals surface area contributed by atoms with E-state index in [9.17, 15) is 9.59 Å². The Morgan fingerprint density at radius 2 is 1.72 bits per heavy atom. The highest BCUT2D eigenvalue weighted by atomic mass is 16.5. The van der Waals surface area contributed by atoms with E-state index in [2.05, 4.69) is 0 Å². The molecular formula is C26H35N3O3. The average Bonchev–Trinajstić information content (AvgIpc) is 3.44. The highest BCUT2D eigenvalue weighted by Gasteiger charge is 2.42. The van der Waals surface area contributed by atoms with E-state index in [1.807, 2.05) is 83.9 Å². The summed E-state index contributed by atoms with van der Waals surface area (Å²) in [5.74, 6) is 2.44. The molecule has 0 N–H and O–H groups in total. The maximum absolute atomic E-state index is 13.2. The summed E-state index contributed by atoms with van der Waals surface area (Å²) in [5, 5.41) is 0. The number of piperidine rings is 1. The second kappa shape index (κ2) is 9.80. The first-order chi connectivity index (χ1) is 15.4. The molecule has 2 aliphatic heterocycles. The number of amides is 2. The summed E-state index contributed by atoms with van der Waals surface area (Å²) in [6.07, 6.45) is 3.91. The first-order valence-electron chi connectivity index (χ1n) is 11.8. The molecule has 2 aromatic rings. The molecule has 2 aliphatic rings. The Labute approximate surface area is 191 Å². The van der Waals surface area contributed by atoms with Crippen molar-refractivity contribution < 1.29 is 14.3 Å².